The Kier molecular flexibility index (Phi) is 5.42. The van der Waals surface area contributed by atoms with Crippen molar-refractivity contribution in [1.29, 1.82) is 0 Å². The molecule has 2 saturated heterocycles. The summed E-state index contributed by atoms with van der Waals surface area (Å²) in [4.78, 5) is 4.93. The minimum Gasteiger partial charge on any atom is -0.374 e. The van der Waals surface area contributed by atoms with E-state index in [1.807, 2.05) is 0 Å². The Bertz CT molecular complexity index is 247. The molecule has 4 nitrogen and oxygen atoms in total. The van der Waals surface area contributed by atoms with Crippen LogP contribution in [0, 0.1) is 5.92 Å². The molecule has 2 atom stereocenters. The summed E-state index contributed by atoms with van der Waals surface area (Å²) in [6.45, 7) is 12.3. The average molecular weight is 255 g/mol. The molecule has 2 unspecified atom stereocenters. The summed E-state index contributed by atoms with van der Waals surface area (Å²) in [7, 11) is 2.17. The van der Waals surface area contributed by atoms with Crippen LogP contribution in [0.25, 0.3) is 0 Å². The van der Waals surface area contributed by atoms with E-state index in [2.05, 4.69) is 36.0 Å². The Morgan fingerprint density at radius 3 is 2.72 bits per heavy atom. The molecule has 0 spiro atoms. The Morgan fingerprint density at radius 2 is 2.06 bits per heavy atom. The third kappa shape index (κ3) is 4.19. The van der Waals surface area contributed by atoms with Crippen molar-refractivity contribution in [2.24, 2.45) is 5.92 Å². The van der Waals surface area contributed by atoms with Gasteiger partial charge in [-0.05, 0) is 46.3 Å². The Hall–Kier alpha value is -0.160. The van der Waals surface area contributed by atoms with Gasteiger partial charge in [-0.3, -0.25) is 0 Å². The number of hydrogen-bond acceptors (Lipinski definition) is 4. The standard InChI is InChI=1S/C14H29N3O/c1-12(2)17-5-4-13(10-17)8-15-9-14-11-16(3)6-7-18-14/h12-15H,4-11H2,1-3H3. The molecule has 0 aromatic heterocycles. The predicted molar refractivity (Wildman–Crippen MR) is 74.9 cm³/mol. The van der Waals surface area contributed by atoms with Crippen molar-refractivity contribution >= 4 is 0 Å². The van der Waals surface area contributed by atoms with Crippen LogP contribution in [0.5, 0.6) is 0 Å². The molecular weight excluding hydrogens is 226 g/mol. The van der Waals surface area contributed by atoms with Crippen LogP contribution in [0.2, 0.25) is 0 Å². The highest BCUT2D eigenvalue weighted by Crippen LogP contribution is 2.17. The van der Waals surface area contributed by atoms with E-state index in [1.165, 1.54) is 19.5 Å². The highest BCUT2D eigenvalue weighted by atomic mass is 16.5. The number of nitrogens with one attached hydrogen (secondary N) is 1. The number of morpholine rings is 1. The maximum absolute atomic E-state index is 5.76. The van der Waals surface area contributed by atoms with Gasteiger partial charge in [-0.25, -0.2) is 0 Å². The van der Waals surface area contributed by atoms with Gasteiger partial charge < -0.3 is 19.9 Å². The molecule has 0 aromatic rings. The zero-order chi connectivity index (χ0) is 13.0. The molecule has 0 amide bonds. The molecule has 0 aliphatic carbocycles. The van der Waals surface area contributed by atoms with Gasteiger partial charge >= 0.3 is 0 Å². The summed E-state index contributed by atoms with van der Waals surface area (Å²) in [5.74, 6) is 0.828. The third-order valence-electron chi connectivity index (χ3n) is 4.19. The number of nitrogens with zero attached hydrogens (tertiary/aromatic N) is 2. The van der Waals surface area contributed by atoms with E-state index < -0.39 is 0 Å². The second-order valence-electron chi connectivity index (χ2n) is 6.16. The fraction of sp³-hybridized carbons (Fsp3) is 1.00. The SMILES string of the molecule is CC(C)N1CCC(CNCC2CN(C)CCO2)C1. The molecule has 2 aliphatic rings. The van der Waals surface area contributed by atoms with Crippen LogP contribution in [0.4, 0.5) is 0 Å². The van der Waals surface area contributed by atoms with E-state index >= 15 is 0 Å². The van der Waals surface area contributed by atoms with Crippen molar-refractivity contribution in [2.75, 3.05) is 52.9 Å². The summed E-state index contributed by atoms with van der Waals surface area (Å²) in [6.07, 6.45) is 1.72. The molecule has 2 heterocycles. The summed E-state index contributed by atoms with van der Waals surface area (Å²) in [6, 6.07) is 0.699. The second kappa shape index (κ2) is 6.85. The Labute approximate surface area is 112 Å². The minimum atomic E-state index is 0.381. The molecule has 18 heavy (non-hydrogen) atoms. The first-order chi connectivity index (χ1) is 8.65. The van der Waals surface area contributed by atoms with Gasteiger partial charge in [0.15, 0.2) is 0 Å². The molecule has 106 valence electrons. The predicted octanol–water partition coefficient (Wildman–Crippen LogP) is 0.637. The summed E-state index contributed by atoms with van der Waals surface area (Å²) in [5.41, 5.74) is 0. The maximum atomic E-state index is 5.76. The third-order valence-corrected chi connectivity index (χ3v) is 4.19. The van der Waals surface area contributed by atoms with Gasteiger partial charge in [0, 0.05) is 32.2 Å². The van der Waals surface area contributed by atoms with E-state index in [1.54, 1.807) is 0 Å². The zero-order valence-electron chi connectivity index (χ0n) is 12.2. The lowest BCUT2D eigenvalue weighted by Crippen LogP contribution is -2.45. The molecule has 2 rings (SSSR count). The molecular formula is C14H29N3O. The van der Waals surface area contributed by atoms with Gasteiger partial charge in [0.1, 0.15) is 0 Å². The van der Waals surface area contributed by atoms with Crippen molar-refractivity contribution in [3.8, 4) is 0 Å². The van der Waals surface area contributed by atoms with Crippen molar-refractivity contribution in [3.05, 3.63) is 0 Å². The lowest BCUT2D eigenvalue weighted by atomic mass is 10.1. The van der Waals surface area contributed by atoms with Gasteiger partial charge in [0.25, 0.3) is 0 Å². The second-order valence-corrected chi connectivity index (χ2v) is 6.16. The topological polar surface area (TPSA) is 27.7 Å². The summed E-state index contributed by atoms with van der Waals surface area (Å²) in [5, 5.41) is 3.60. The fourth-order valence-electron chi connectivity index (χ4n) is 2.94. The lowest BCUT2D eigenvalue weighted by molar-refractivity contribution is -0.0183. The molecule has 0 radical (unpaired) electrons. The molecule has 2 fully saturated rings. The van der Waals surface area contributed by atoms with Gasteiger partial charge in [-0.1, -0.05) is 0 Å². The van der Waals surface area contributed by atoms with Gasteiger partial charge in [-0.2, -0.15) is 0 Å². The normalized spacial score (nSPS) is 31.3. The first-order valence-corrected chi connectivity index (χ1v) is 7.40. The highest BCUT2D eigenvalue weighted by molar-refractivity contribution is 4.80. The molecule has 2 aliphatic heterocycles. The minimum absolute atomic E-state index is 0.381. The van der Waals surface area contributed by atoms with Crippen LogP contribution in [0.15, 0.2) is 0 Å². The fourth-order valence-corrected chi connectivity index (χ4v) is 2.94. The van der Waals surface area contributed by atoms with Crippen molar-refractivity contribution in [1.82, 2.24) is 15.1 Å². The molecule has 4 heteroatoms. The first kappa shape index (κ1) is 14.3. The van der Waals surface area contributed by atoms with E-state index in [4.69, 9.17) is 4.74 Å². The zero-order valence-corrected chi connectivity index (χ0v) is 12.2. The quantitative estimate of drug-likeness (QED) is 0.780. The van der Waals surface area contributed by atoms with E-state index in [0.717, 1.165) is 38.7 Å². The van der Waals surface area contributed by atoms with Gasteiger partial charge in [0.2, 0.25) is 0 Å². The smallest absolute Gasteiger partial charge is 0.0826 e. The average Bonchev–Trinajstić information content (AvgIpc) is 2.78. The number of ether oxygens (including phenoxy) is 1. The largest absolute Gasteiger partial charge is 0.374 e. The number of hydrogen-bond donors (Lipinski definition) is 1. The van der Waals surface area contributed by atoms with Crippen LogP contribution in [0.3, 0.4) is 0 Å². The van der Waals surface area contributed by atoms with Crippen LogP contribution in [-0.4, -0.2) is 74.9 Å². The van der Waals surface area contributed by atoms with Crippen LogP contribution < -0.4 is 5.32 Å². The van der Waals surface area contributed by atoms with Gasteiger partial charge in [0.05, 0.1) is 12.7 Å². The van der Waals surface area contributed by atoms with Gasteiger partial charge in [-0.15, -0.1) is 0 Å². The van der Waals surface area contributed by atoms with E-state index in [9.17, 15) is 0 Å². The number of likely N-dealkylation sites (tertiary alicyclic amines) is 1. The lowest BCUT2D eigenvalue weighted by Gasteiger charge is -2.30. The monoisotopic (exact) mass is 255 g/mol. The highest BCUT2D eigenvalue weighted by Gasteiger charge is 2.24. The molecule has 0 aromatic carbocycles. The van der Waals surface area contributed by atoms with Crippen molar-refractivity contribution in [3.63, 3.8) is 0 Å². The van der Waals surface area contributed by atoms with Crippen molar-refractivity contribution in [2.45, 2.75) is 32.4 Å². The number of likely N-dealkylation sites (N-methyl/N-ethyl adjacent to an activating group) is 1. The molecule has 0 saturated carbocycles. The van der Waals surface area contributed by atoms with Crippen LogP contribution in [-0.2, 0) is 4.74 Å². The summed E-state index contributed by atoms with van der Waals surface area (Å²) >= 11 is 0. The maximum Gasteiger partial charge on any atom is 0.0826 e. The molecule has 0 bridgehead atoms. The Morgan fingerprint density at radius 1 is 1.22 bits per heavy atom. The number of rotatable bonds is 5. The van der Waals surface area contributed by atoms with Crippen LogP contribution in [0.1, 0.15) is 20.3 Å². The Balaban J connectivity index is 1.58. The van der Waals surface area contributed by atoms with Crippen molar-refractivity contribution < 1.29 is 4.74 Å². The van der Waals surface area contributed by atoms with Crippen LogP contribution >= 0.6 is 0 Å². The van der Waals surface area contributed by atoms with E-state index in [-0.39, 0.29) is 0 Å². The molecule has 1 N–H and O–H groups in total. The summed E-state index contributed by atoms with van der Waals surface area (Å²) < 4.78 is 5.76. The first-order valence-electron chi connectivity index (χ1n) is 7.40. The van der Waals surface area contributed by atoms with E-state index in [0.29, 0.717) is 12.1 Å².